The van der Waals surface area contributed by atoms with Crippen molar-refractivity contribution in [2.24, 2.45) is 0 Å². The normalized spacial score (nSPS) is 15.7. The van der Waals surface area contributed by atoms with E-state index in [1.54, 1.807) is 18.2 Å². The van der Waals surface area contributed by atoms with Crippen LogP contribution in [0, 0.1) is 0 Å². The molecule has 0 unspecified atom stereocenters. The Hall–Kier alpha value is -5.12. The molecule has 10 heteroatoms. The fourth-order valence-electron chi connectivity index (χ4n) is 5.43. The van der Waals surface area contributed by atoms with Crippen molar-refractivity contribution in [1.29, 1.82) is 0 Å². The predicted octanol–water partition coefficient (Wildman–Crippen LogP) is 3.04. The van der Waals surface area contributed by atoms with E-state index in [0.29, 0.717) is 39.3 Å². The van der Waals surface area contributed by atoms with E-state index in [1.165, 1.54) is 12.2 Å². The highest BCUT2D eigenvalue weighted by Crippen LogP contribution is 2.57. The number of hydrogen-bond donors (Lipinski definition) is 1. The standard InChI is InChI=1S/C31H28N4O6/c1-33(2)19-6-9-22-25(16-19)40-26-17-20(34(3)4)7-10-23(26)31(22)24-15-18(5-8-21(24)30(39)41-31)29(38)32-13-14-35-27(36)11-12-28(35)37/h5-12,15-17H,13-14H2,1-4H3,(H,32,38). The van der Waals surface area contributed by atoms with Gasteiger partial charge in [0, 0.05) is 99.2 Å². The van der Waals surface area contributed by atoms with Crippen LogP contribution in [0.1, 0.15) is 37.4 Å². The molecule has 3 amide bonds. The number of amides is 3. The van der Waals surface area contributed by atoms with E-state index in [9.17, 15) is 19.2 Å². The zero-order chi connectivity index (χ0) is 29.1. The molecule has 0 bridgehead atoms. The number of anilines is 2. The van der Waals surface area contributed by atoms with Crippen molar-refractivity contribution in [1.82, 2.24) is 10.2 Å². The van der Waals surface area contributed by atoms with Crippen LogP contribution in [-0.2, 0) is 19.9 Å². The molecular weight excluding hydrogens is 524 g/mol. The number of carbonyl (C=O) groups is 4. The van der Waals surface area contributed by atoms with E-state index in [-0.39, 0.29) is 13.1 Å². The fourth-order valence-corrected chi connectivity index (χ4v) is 5.43. The molecular formula is C31H28N4O6. The largest absolute Gasteiger partial charge is 0.456 e. The van der Waals surface area contributed by atoms with Gasteiger partial charge in [0.2, 0.25) is 0 Å². The molecule has 0 aromatic heterocycles. The van der Waals surface area contributed by atoms with Gasteiger partial charge in [-0.15, -0.1) is 0 Å². The molecule has 1 N–H and O–H groups in total. The summed E-state index contributed by atoms with van der Waals surface area (Å²) >= 11 is 0. The van der Waals surface area contributed by atoms with E-state index in [0.717, 1.165) is 16.3 Å². The van der Waals surface area contributed by atoms with Crippen LogP contribution in [0.25, 0.3) is 0 Å². The molecule has 0 fully saturated rings. The number of fused-ring (bicyclic) bond motifs is 6. The molecule has 6 rings (SSSR count). The summed E-state index contributed by atoms with van der Waals surface area (Å²) in [5.74, 6) is -0.644. The van der Waals surface area contributed by atoms with Crippen molar-refractivity contribution in [3.8, 4) is 11.5 Å². The highest BCUT2D eigenvalue weighted by Gasteiger charge is 2.54. The van der Waals surface area contributed by atoms with E-state index < -0.39 is 29.3 Å². The second-order valence-corrected chi connectivity index (χ2v) is 10.5. The Morgan fingerprint density at radius 2 is 1.39 bits per heavy atom. The zero-order valence-corrected chi connectivity index (χ0v) is 23.1. The quantitative estimate of drug-likeness (QED) is 0.367. The molecule has 208 valence electrons. The zero-order valence-electron chi connectivity index (χ0n) is 23.1. The van der Waals surface area contributed by atoms with Gasteiger partial charge in [0.1, 0.15) is 11.5 Å². The van der Waals surface area contributed by atoms with Gasteiger partial charge in [-0.1, -0.05) is 0 Å². The Kier molecular flexibility index (Phi) is 6.06. The predicted molar refractivity (Wildman–Crippen MR) is 152 cm³/mol. The first kappa shape index (κ1) is 26.1. The number of ether oxygens (including phenoxy) is 2. The van der Waals surface area contributed by atoms with Crippen molar-refractivity contribution in [3.05, 3.63) is 94.6 Å². The molecule has 0 saturated heterocycles. The number of carbonyl (C=O) groups excluding carboxylic acids is 4. The summed E-state index contributed by atoms with van der Waals surface area (Å²) in [6.07, 6.45) is 2.40. The van der Waals surface area contributed by atoms with Gasteiger partial charge < -0.3 is 24.6 Å². The van der Waals surface area contributed by atoms with Gasteiger partial charge in [0.05, 0.1) is 5.56 Å². The first-order valence-electron chi connectivity index (χ1n) is 13.1. The number of benzene rings is 3. The molecule has 0 radical (unpaired) electrons. The van der Waals surface area contributed by atoms with Crippen molar-refractivity contribution in [3.63, 3.8) is 0 Å². The van der Waals surface area contributed by atoms with Gasteiger partial charge >= 0.3 is 5.97 Å². The average molecular weight is 553 g/mol. The lowest BCUT2D eigenvalue weighted by Crippen LogP contribution is -2.38. The third-order valence-corrected chi connectivity index (χ3v) is 7.59. The van der Waals surface area contributed by atoms with Crippen molar-refractivity contribution in [2.45, 2.75) is 5.60 Å². The summed E-state index contributed by atoms with van der Waals surface area (Å²) in [5, 5.41) is 2.76. The monoisotopic (exact) mass is 552 g/mol. The van der Waals surface area contributed by atoms with Crippen LogP contribution in [0.4, 0.5) is 11.4 Å². The first-order valence-corrected chi connectivity index (χ1v) is 13.1. The maximum atomic E-state index is 13.3. The third kappa shape index (κ3) is 4.10. The van der Waals surface area contributed by atoms with E-state index in [2.05, 4.69) is 5.32 Å². The Morgan fingerprint density at radius 3 is 1.95 bits per heavy atom. The molecule has 0 atom stereocenters. The molecule has 1 spiro atoms. The number of hydrogen-bond acceptors (Lipinski definition) is 8. The smallest absolute Gasteiger partial charge is 0.340 e. The van der Waals surface area contributed by atoms with E-state index in [4.69, 9.17) is 9.47 Å². The summed E-state index contributed by atoms with van der Waals surface area (Å²) in [6, 6.07) is 16.3. The van der Waals surface area contributed by atoms with Crippen molar-refractivity contribution in [2.75, 3.05) is 51.1 Å². The Bertz CT molecular complexity index is 1600. The summed E-state index contributed by atoms with van der Waals surface area (Å²) in [6.45, 7) is 0.128. The summed E-state index contributed by atoms with van der Waals surface area (Å²) in [7, 11) is 7.72. The number of rotatable bonds is 6. The van der Waals surface area contributed by atoms with Crippen LogP contribution in [0.2, 0.25) is 0 Å². The van der Waals surface area contributed by atoms with Gasteiger partial charge in [0.15, 0.2) is 5.60 Å². The molecule has 3 aromatic carbocycles. The maximum Gasteiger partial charge on any atom is 0.340 e. The second-order valence-electron chi connectivity index (χ2n) is 10.5. The first-order chi connectivity index (χ1) is 19.6. The van der Waals surface area contributed by atoms with E-state index in [1.807, 2.05) is 74.4 Å². The molecule has 41 heavy (non-hydrogen) atoms. The van der Waals surface area contributed by atoms with Gasteiger partial charge in [-0.3, -0.25) is 19.3 Å². The number of esters is 1. The van der Waals surface area contributed by atoms with Gasteiger partial charge in [-0.2, -0.15) is 0 Å². The molecule has 0 saturated carbocycles. The third-order valence-electron chi connectivity index (χ3n) is 7.59. The molecule has 3 aliphatic rings. The topological polar surface area (TPSA) is 108 Å². The van der Waals surface area contributed by atoms with Gasteiger partial charge in [-0.25, -0.2) is 4.79 Å². The van der Waals surface area contributed by atoms with Gasteiger partial charge in [-0.05, 0) is 42.5 Å². The SMILES string of the molecule is CN(C)c1ccc2c(c1)Oc1cc(N(C)C)ccc1C21OC(=O)c2ccc(C(=O)NCCN3C(=O)C=CC3=O)cc21. The minimum absolute atomic E-state index is 0.0490. The molecule has 3 heterocycles. The van der Waals surface area contributed by atoms with Crippen molar-refractivity contribution < 1.29 is 28.7 Å². The highest BCUT2D eigenvalue weighted by molar-refractivity contribution is 6.13. The summed E-state index contributed by atoms with van der Waals surface area (Å²) < 4.78 is 12.7. The molecule has 3 aliphatic heterocycles. The number of nitrogens with one attached hydrogen (secondary N) is 1. The van der Waals surface area contributed by atoms with Crippen LogP contribution < -0.4 is 19.9 Å². The highest BCUT2D eigenvalue weighted by atomic mass is 16.6. The Labute approximate surface area is 236 Å². The van der Waals surface area contributed by atoms with E-state index >= 15 is 0 Å². The Morgan fingerprint density at radius 1 is 0.805 bits per heavy atom. The minimum atomic E-state index is -1.33. The lowest BCUT2D eigenvalue weighted by atomic mass is 9.77. The average Bonchev–Trinajstić information content (AvgIpc) is 3.43. The minimum Gasteiger partial charge on any atom is -0.456 e. The van der Waals surface area contributed by atoms with Crippen LogP contribution in [0.5, 0.6) is 11.5 Å². The molecule has 10 nitrogen and oxygen atoms in total. The van der Waals surface area contributed by atoms with Crippen LogP contribution in [-0.4, -0.2) is 69.9 Å². The lowest BCUT2D eigenvalue weighted by Gasteiger charge is -2.37. The Balaban J connectivity index is 1.42. The summed E-state index contributed by atoms with van der Waals surface area (Å²) in [4.78, 5) is 55.1. The number of nitrogens with zero attached hydrogens (tertiary/aromatic N) is 3. The molecule has 0 aliphatic carbocycles. The summed E-state index contributed by atoms with van der Waals surface area (Å²) in [5.41, 5.74) is 2.98. The lowest BCUT2D eigenvalue weighted by molar-refractivity contribution is -0.136. The van der Waals surface area contributed by atoms with Crippen LogP contribution >= 0.6 is 0 Å². The van der Waals surface area contributed by atoms with Gasteiger partial charge in [0.25, 0.3) is 17.7 Å². The second kappa shape index (κ2) is 9.51. The number of imide groups is 1. The molecule has 3 aromatic rings. The van der Waals surface area contributed by atoms with Crippen LogP contribution in [0.3, 0.4) is 0 Å². The van der Waals surface area contributed by atoms with Crippen LogP contribution in [0.15, 0.2) is 66.7 Å². The maximum absolute atomic E-state index is 13.3. The fraction of sp³-hybridized carbons (Fsp3) is 0.226. The van der Waals surface area contributed by atoms with Crippen molar-refractivity contribution >= 4 is 35.1 Å².